The second-order valence-corrected chi connectivity index (χ2v) is 8.33. The zero-order valence-electron chi connectivity index (χ0n) is 15.3. The van der Waals surface area contributed by atoms with E-state index < -0.39 is 51.3 Å². The Hall–Kier alpha value is -1.72. The quantitative estimate of drug-likeness (QED) is 0.598. The molecule has 0 N–H and O–H groups in total. The van der Waals surface area contributed by atoms with Gasteiger partial charge in [0.05, 0.1) is 13.2 Å². The molecule has 1 heterocycles. The predicted octanol–water partition coefficient (Wildman–Crippen LogP) is 2.11. The van der Waals surface area contributed by atoms with Crippen LogP contribution in [0.3, 0.4) is 0 Å². The van der Waals surface area contributed by atoms with Gasteiger partial charge in [0, 0.05) is 32.7 Å². The van der Waals surface area contributed by atoms with Crippen molar-refractivity contribution in [3.05, 3.63) is 29.8 Å². The van der Waals surface area contributed by atoms with E-state index >= 15 is 0 Å². The van der Waals surface area contributed by atoms with Gasteiger partial charge in [-0.3, -0.25) is 4.79 Å². The minimum atomic E-state index is -4.26. The average Bonchev–Trinajstić information content (AvgIpc) is 2.66. The third-order valence-corrected chi connectivity index (χ3v) is 6.46. The number of carbonyl (C=O) groups excluding carboxylic acids is 1. The van der Waals surface area contributed by atoms with Gasteiger partial charge in [0.25, 0.3) is 6.43 Å². The molecule has 11 heteroatoms. The third-order valence-electron chi connectivity index (χ3n) is 4.55. The molecule has 0 saturated carbocycles. The second-order valence-electron chi connectivity index (χ2n) is 6.42. The number of halogens is 4. The van der Waals surface area contributed by atoms with E-state index in [9.17, 15) is 30.8 Å². The van der Waals surface area contributed by atoms with E-state index in [4.69, 9.17) is 4.74 Å². The van der Waals surface area contributed by atoms with Crippen molar-refractivity contribution >= 4 is 15.9 Å². The van der Waals surface area contributed by atoms with E-state index in [1.54, 1.807) is 0 Å². The van der Waals surface area contributed by atoms with Crippen LogP contribution in [0.1, 0.15) is 12.8 Å². The number of piperidine rings is 1. The van der Waals surface area contributed by atoms with Crippen LogP contribution in [0.4, 0.5) is 17.6 Å². The van der Waals surface area contributed by atoms with E-state index in [0.717, 1.165) is 21.3 Å². The maximum absolute atomic E-state index is 13.9. The summed E-state index contributed by atoms with van der Waals surface area (Å²) >= 11 is 0. The minimum Gasteiger partial charge on any atom is -0.383 e. The highest BCUT2D eigenvalue weighted by molar-refractivity contribution is 7.89. The molecule has 0 aliphatic carbocycles. The molecule has 2 rings (SSSR count). The third kappa shape index (κ3) is 5.42. The Bertz CT molecular complexity index is 783. The Labute approximate surface area is 161 Å². The largest absolute Gasteiger partial charge is 0.383 e. The van der Waals surface area contributed by atoms with Crippen LogP contribution in [-0.2, 0) is 19.6 Å². The number of rotatable bonds is 8. The smallest absolute Gasteiger partial charge is 0.255 e. The van der Waals surface area contributed by atoms with Gasteiger partial charge in [0.1, 0.15) is 16.5 Å². The molecule has 28 heavy (non-hydrogen) atoms. The van der Waals surface area contributed by atoms with Crippen LogP contribution >= 0.6 is 0 Å². The monoisotopic (exact) mass is 426 g/mol. The Morgan fingerprint density at radius 3 is 2.50 bits per heavy atom. The summed E-state index contributed by atoms with van der Waals surface area (Å²) in [5.41, 5.74) is 0. The van der Waals surface area contributed by atoms with Crippen LogP contribution in [0.15, 0.2) is 23.1 Å². The number of amides is 1. The van der Waals surface area contributed by atoms with Crippen molar-refractivity contribution in [3.8, 4) is 0 Å². The van der Waals surface area contributed by atoms with Gasteiger partial charge in [-0.05, 0) is 31.0 Å². The standard InChI is InChI=1S/C17H22F4N2O4S/c1-27-9-8-22(11-16(20)21)17(24)12-4-6-23(7-5-12)28(25,26)15-10-13(18)2-3-14(15)19/h2-3,10,12,16H,4-9,11H2,1H3. The molecule has 1 amide bonds. The molecule has 1 aliphatic heterocycles. The lowest BCUT2D eigenvalue weighted by Gasteiger charge is -2.33. The molecule has 1 fully saturated rings. The lowest BCUT2D eigenvalue weighted by molar-refractivity contribution is -0.139. The number of hydrogen-bond donors (Lipinski definition) is 0. The van der Waals surface area contributed by atoms with E-state index in [2.05, 4.69) is 0 Å². The number of ether oxygens (including phenoxy) is 1. The molecule has 6 nitrogen and oxygen atoms in total. The molecule has 0 aromatic heterocycles. The highest BCUT2D eigenvalue weighted by atomic mass is 32.2. The van der Waals surface area contributed by atoms with Crippen molar-refractivity contribution in [1.82, 2.24) is 9.21 Å². The summed E-state index contributed by atoms with van der Waals surface area (Å²) in [5.74, 6) is -3.07. The molecular formula is C17H22F4N2O4S. The maximum atomic E-state index is 13.9. The molecule has 0 radical (unpaired) electrons. The maximum Gasteiger partial charge on any atom is 0.255 e. The molecule has 158 valence electrons. The number of sulfonamides is 1. The number of hydrogen-bond acceptors (Lipinski definition) is 4. The molecule has 1 aromatic rings. The van der Waals surface area contributed by atoms with Crippen LogP contribution in [-0.4, -0.2) is 69.9 Å². The molecule has 0 spiro atoms. The molecule has 0 atom stereocenters. The lowest BCUT2D eigenvalue weighted by Crippen LogP contribution is -2.46. The Morgan fingerprint density at radius 2 is 1.93 bits per heavy atom. The summed E-state index contributed by atoms with van der Waals surface area (Å²) in [7, 11) is -2.88. The van der Waals surface area contributed by atoms with Gasteiger partial charge in [0.15, 0.2) is 0 Å². The predicted molar refractivity (Wildman–Crippen MR) is 92.3 cm³/mol. The van der Waals surface area contributed by atoms with Gasteiger partial charge in [-0.15, -0.1) is 0 Å². The summed E-state index contributed by atoms with van der Waals surface area (Å²) in [6.45, 7) is -0.810. The fourth-order valence-electron chi connectivity index (χ4n) is 3.07. The Morgan fingerprint density at radius 1 is 1.29 bits per heavy atom. The molecule has 1 aliphatic rings. The highest BCUT2D eigenvalue weighted by Gasteiger charge is 2.35. The van der Waals surface area contributed by atoms with Gasteiger partial charge >= 0.3 is 0 Å². The SMILES string of the molecule is COCCN(CC(F)F)C(=O)C1CCN(S(=O)(=O)c2cc(F)ccc2F)CC1. The number of benzene rings is 1. The van der Waals surface area contributed by atoms with Crippen LogP contribution in [0.5, 0.6) is 0 Å². The van der Waals surface area contributed by atoms with Crippen molar-refractivity contribution in [3.63, 3.8) is 0 Å². The van der Waals surface area contributed by atoms with Gasteiger partial charge in [-0.25, -0.2) is 26.0 Å². The van der Waals surface area contributed by atoms with Crippen LogP contribution in [0.25, 0.3) is 0 Å². The summed E-state index contributed by atoms with van der Waals surface area (Å²) in [6.07, 6.45) is -2.50. The Kier molecular flexibility index (Phi) is 7.79. The van der Waals surface area contributed by atoms with E-state index in [1.807, 2.05) is 0 Å². The van der Waals surface area contributed by atoms with Gasteiger partial charge in [0.2, 0.25) is 15.9 Å². The Balaban J connectivity index is 2.06. The normalized spacial score (nSPS) is 16.5. The fraction of sp³-hybridized carbons (Fsp3) is 0.588. The van der Waals surface area contributed by atoms with Crippen molar-refractivity contribution in [1.29, 1.82) is 0 Å². The first kappa shape index (κ1) is 22.6. The summed E-state index contributed by atoms with van der Waals surface area (Å²) in [4.78, 5) is 12.8. The zero-order valence-corrected chi connectivity index (χ0v) is 16.1. The molecular weight excluding hydrogens is 404 g/mol. The van der Waals surface area contributed by atoms with Crippen molar-refractivity contribution in [2.24, 2.45) is 5.92 Å². The second kappa shape index (κ2) is 9.66. The topological polar surface area (TPSA) is 66.9 Å². The van der Waals surface area contributed by atoms with E-state index in [0.29, 0.717) is 6.07 Å². The number of nitrogens with zero attached hydrogens (tertiary/aromatic N) is 2. The highest BCUT2D eigenvalue weighted by Crippen LogP contribution is 2.27. The van der Waals surface area contributed by atoms with E-state index in [1.165, 1.54) is 7.11 Å². The van der Waals surface area contributed by atoms with Gasteiger partial charge < -0.3 is 9.64 Å². The zero-order chi connectivity index (χ0) is 20.9. The van der Waals surface area contributed by atoms with Crippen LogP contribution in [0.2, 0.25) is 0 Å². The number of alkyl halides is 2. The van der Waals surface area contributed by atoms with Crippen molar-refractivity contribution < 1.29 is 35.5 Å². The molecule has 0 unspecified atom stereocenters. The molecule has 1 aromatic carbocycles. The van der Waals surface area contributed by atoms with Crippen molar-refractivity contribution in [2.75, 3.05) is 39.9 Å². The van der Waals surface area contributed by atoms with Gasteiger partial charge in [-0.1, -0.05) is 0 Å². The number of methoxy groups -OCH3 is 1. The first-order chi connectivity index (χ1) is 13.2. The lowest BCUT2D eigenvalue weighted by atomic mass is 9.96. The first-order valence-corrected chi connectivity index (χ1v) is 10.1. The van der Waals surface area contributed by atoms with Crippen LogP contribution < -0.4 is 0 Å². The van der Waals surface area contributed by atoms with E-state index in [-0.39, 0.29) is 39.1 Å². The summed E-state index contributed by atoms with van der Waals surface area (Å²) < 4.78 is 83.6. The summed E-state index contributed by atoms with van der Waals surface area (Å²) in [6, 6.07) is 2.16. The fourth-order valence-corrected chi connectivity index (χ4v) is 4.62. The first-order valence-electron chi connectivity index (χ1n) is 8.68. The van der Waals surface area contributed by atoms with Crippen molar-refractivity contribution in [2.45, 2.75) is 24.2 Å². The molecule has 0 bridgehead atoms. The number of carbonyl (C=O) groups is 1. The summed E-state index contributed by atoms with van der Waals surface area (Å²) in [5, 5.41) is 0. The van der Waals surface area contributed by atoms with Crippen LogP contribution in [0, 0.1) is 17.6 Å². The minimum absolute atomic E-state index is 0.00664. The van der Waals surface area contributed by atoms with Gasteiger partial charge in [-0.2, -0.15) is 4.31 Å². The average molecular weight is 426 g/mol. The molecule has 1 saturated heterocycles.